The summed E-state index contributed by atoms with van der Waals surface area (Å²) in [6.07, 6.45) is 7.18. The summed E-state index contributed by atoms with van der Waals surface area (Å²) in [7, 11) is 0. The van der Waals surface area contributed by atoms with E-state index < -0.39 is 0 Å². The van der Waals surface area contributed by atoms with Gasteiger partial charge >= 0.3 is 0 Å². The van der Waals surface area contributed by atoms with Crippen LogP contribution in [0, 0.1) is 0 Å². The first kappa shape index (κ1) is 12.3. The predicted octanol–water partition coefficient (Wildman–Crippen LogP) is 3.40. The van der Waals surface area contributed by atoms with Crippen LogP contribution in [0.3, 0.4) is 0 Å². The molecule has 0 radical (unpaired) electrons. The third-order valence-electron chi connectivity index (χ3n) is 2.53. The van der Waals surface area contributed by atoms with Crippen LogP contribution in [-0.4, -0.2) is 10.1 Å². The van der Waals surface area contributed by atoms with Crippen LogP contribution in [0.5, 0.6) is 11.5 Å². The average molecular weight is 241 g/mol. The smallest absolute Gasteiger partial charge is 0.151 e. The molecule has 1 aromatic carbocycles. The molecule has 0 fully saturated rings. The second kappa shape index (κ2) is 5.98. The Hall–Kier alpha value is -2.13. The van der Waals surface area contributed by atoms with Gasteiger partial charge in [0.2, 0.25) is 0 Å². The third-order valence-corrected chi connectivity index (χ3v) is 2.53. The van der Waals surface area contributed by atoms with Gasteiger partial charge in [-0.1, -0.05) is 30.4 Å². The van der Waals surface area contributed by atoms with Crippen LogP contribution in [-0.2, 0) is 6.61 Å². The van der Waals surface area contributed by atoms with Crippen LogP contribution in [0.2, 0.25) is 0 Å². The molecular weight excluding hydrogens is 226 g/mol. The Bertz CT molecular complexity index is 550. The highest BCUT2D eigenvalue weighted by Gasteiger charge is 2.06. The maximum Gasteiger partial charge on any atom is 0.151 e. The van der Waals surface area contributed by atoms with E-state index in [-0.39, 0.29) is 6.61 Å². The number of allylic oxidation sites excluding steroid dienone is 1. The van der Waals surface area contributed by atoms with Crippen molar-refractivity contribution in [3.8, 4) is 11.5 Å². The van der Waals surface area contributed by atoms with Crippen molar-refractivity contribution in [1.29, 1.82) is 0 Å². The van der Waals surface area contributed by atoms with Crippen LogP contribution in [0.15, 0.2) is 48.8 Å². The minimum Gasteiger partial charge on any atom is -0.455 e. The molecule has 3 heteroatoms. The Morgan fingerprint density at radius 2 is 2.06 bits per heavy atom. The number of para-hydroxylation sites is 1. The summed E-state index contributed by atoms with van der Waals surface area (Å²) in [5.41, 5.74) is 1.72. The molecule has 0 aliphatic carbocycles. The van der Waals surface area contributed by atoms with Gasteiger partial charge in [-0.2, -0.15) is 0 Å². The van der Waals surface area contributed by atoms with Crippen molar-refractivity contribution in [2.24, 2.45) is 0 Å². The van der Waals surface area contributed by atoms with Crippen LogP contribution < -0.4 is 4.74 Å². The molecule has 0 spiro atoms. The number of aromatic nitrogens is 1. The largest absolute Gasteiger partial charge is 0.455 e. The van der Waals surface area contributed by atoms with Crippen LogP contribution in [0.25, 0.3) is 6.08 Å². The van der Waals surface area contributed by atoms with E-state index in [4.69, 9.17) is 4.74 Å². The summed E-state index contributed by atoms with van der Waals surface area (Å²) in [6, 6.07) is 9.48. The molecule has 2 rings (SSSR count). The Morgan fingerprint density at radius 1 is 1.22 bits per heavy atom. The van der Waals surface area contributed by atoms with Gasteiger partial charge in [-0.05, 0) is 19.1 Å². The summed E-state index contributed by atoms with van der Waals surface area (Å²) in [4.78, 5) is 4.01. The number of aliphatic hydroxyl groups is 1. The van der Waals surface area contributed by atoms with Crippen molar-refractivity contribution < 1.29 is 9.84 Å². The van der Waals surface area contributed by atoms with E-state index >= 15 is 0 Å². The number of hydrogen-bond donors (Lipinski definition) is 1. The number of aliphatic hydroxyl groups excluding tert-OH is 1. The molecule has 0 saturated carbocycles. The van der Waals surface area contributed by atoms with Crippen molar-refractivity contribution >= 4 is 6.08 Å². The first-order chi connectivity index (χ1) is 8.85. The van der Waals surface area contributed by atoms with Gasteiger partial charge in [0.15, 0.2) is 5.75 Å². The monoisotopic (exact) mass is 241 g/mol. The van der Waals surface area contributed by atoms with Crippen molar-refractivity contribution in [3.05, 3.63) is 59.9 Å². The van der Waals surface area contributed by atoms with Gasteiger partial charge in [-0.25, -0.2) is 0 Å². The Balaban J connectivity index is 2.34. The van der Waals surface area contributed by atoms with Gasteiger partial charge in [0, 0.05) is 17.3 Å². The molecule has 0 aliphatic heterocycles. The summed E-state index contributed by atoms with van der Waals surface area (Å²) in [5, 5.41) is 9.25. The molecular formula is C15H15NO2. The van der Waals surface area contributed by atoms with Gasteiger partial charge in [0.25, 0.3) is 0 Å². The lowest BCUT2D eigenvalue weighted by Crippen LogP contribution is -1.93. The van der Waals surface area contributed by atoms with Gasteiger partial charge < -0.3 is 9.84 Å². The Labute approximate surface area is 106 Å². The minimum absolute atomic E-state index is 0.0658. The van der Waals surface area contributed by atoms with Gasteiger partial charge in [-0.15, -0.1) is 0 Å². The fourth-order valence-electron chi connectivity index (χ4n) is 1.64. The Morgan fingerprint density at radius 3 is 2.83 bits per heavy atom. The zero-order valence-corrected chi connectivity index (χ0v) is 10.2. The van der Waals surface area contributed by atoms with Crippen LogP contribution in [0.4, 0.5) is 0 Å². The number of benzene rings is 1. The highest BCUT2D eigenvalue weighted by atomic mass is 16.5. The molecule has 0 aliphatic rings. The third kappa shape index (κ3) is 2.76. The van der Waals surface area contributed by atoms with E-state index in [0.717, 1.165) is 16.9 Å². The standard InChI is InChI=1S/C15H15NO2/c1-2-5-12-6-3-4-7-14(12)18-15-10-16-9-8-13(15)11-17/h2-10,17H,11H2,1H3/b5-2+. The lowest BCUT2D eigenvalue weighted by molar-refractivity contribution is 0.276. The van der Waals surface area contributed by atoms with Crippen molar-refractivity contribution in [1.82, 2.24) is 4.98 Å². The fourth-order valence-corrected chi connectivity index (χ4v) is 1.64. The molecule has 1 heterocycles. The molecule has 1 aromatic heterocycles. The minimum atomic E-state index is -0.0658. The van der Waals surface area contributed by atoms with E-state index in [1.54, 1.807) is 18.5 Å². The maximum absolute atomic E-state index is 9.25. The highest BCUT2D eigenvalue weighted by molar-refractivity contribution is 5.57. The highest BCUT2D eigenvalue weighted by Crippen LogP contribution is 2.28. The van der Waals surface area contributed by atoms with E-state index in [9.17, 15) is 5.11 Å². The number of nitrogens with zero attached hydrogens (tertiary/aromatic N) is 1. The molecule has 0 bridgehead atoms. The average Bonchev–Trinajstić information content (AvgIpc) is 2.42. The quantitative estimate of drug-likeness (QED) is 0.892. The molecule has 0 atom stereocenters. The second-order valence-electron chi connectivity index (χ2n) is 3.78. The van der Waals surface area contributed by atoms with Crippen molar-refractivity contribution in [2.75, 3.05) is 0 Å². The molecule has 3 nitrogen and oxygen atoms in total. The second-order valence-corrected chi connectivity index (χ2v) is 3.78. The van der Waals surface area contributed by atoms with E-state index in [2.05, 4.69) is 4.98 Å². The lowest BCUT2D eigenvalue weighted by atomic mass is 10.2. The van der Waals surface area contributed by atoms with Gasteiger partial charge in [0.05, 0.1) is 12.8 Å². The SMILES string of the molecule is C/C=C/c1ccccc1Oc1cnccc1CO. The van der Waals surface area contributed by atoms with E-state index in [1.807, 2.05) is 43.3 Å². The fraction of sp³-hybridized carbons (Fsp3) is 0.133. The summed E-state index contributed by atoms with van der Waals surface area (Å²) >= 11 is 0. The van der Waals surface area contributed by atoms with Crippen molar-refractivity contribution in [3.63, 3.8) is 0 Å². The molecule has 0 saturated heterocycles. The first-order valence-corrected chi connectivity index (χ1v) is 5.78. The zero-order valence-electron chi connectivity index (χ0n) is 10.2. The molecule has 0 unspecified atom stereocenters. The summed E-state index contributed by atoms with van der Waals surface area (Å²) < 4.78 is 5.81. The van der Waals surface area contributed by atoms with Gasteiger partial charge in [0.1, 0.15) is 5.75 Å². The van der Waals surface area contributed by atoms with Crippen molar-refractivity contribution in [2.45, 2.75) is 13.5 Å². The lowest BCUT2D eigenvalue weighted by Gasteiger charge is -2.11. The Kier molecular flexibility index (Phi) is 4.10. The first-order valence-electron chi connectivity index (χ1n) is 5.78. The normalized spacial score (nSPS) is 10.8. The number of rotatable bonds is 4. The summed E-state index contributed by atoms with van der Waals surface area (Å²) in [5.74, 6) is 1.33. The predicted molar refractivity (Wildman–Crippen MR) is 71.4 cm³/mol. The van der Waals surface area contributed by atoms with Crippen LogP contribution >= 0.6 is 0 Å². The number of ether oxygens (including phenoxy) is 1. The number of pyridine rings is 1. The van der Waals surface area contributed by atoms with Gasteiger partial charge in [-0.3, -0.25) is 4.98 Å². The molecule has 1 N–H and O–H groups in total. The molecule has 0 amide bonds. The van der Waals surface area contributed by atoms with E-state index in [1.165, 1.54) is 0 Å². The van der Waals surface area contributed by atoms with E-state index in [0.29, 0.717) is 5.75 Å². The van der Waals surface area contributed by atoms with Crippen LogP contribution in [0.1, 0.15) is 18.1 Å². The topological polar surface area (TPSA) is 42.4 Å². The maximum atomic E-state index is 9.25. The summed E-state index contributed by atoms with van der Waals surface area (Å²) in [6.45, 7) is 1.89. The molecule has 2 aromatic rings. The molecule has 18 heavy (non-hydrogen) atoms. The number of hydrogen-bond acceptors (Lipinski definition) is 3. The zero-order chi connectivity index (χ0) is 12.8. The molecule has 92 valence electrons.